The Morgan fingerprint density at radius 3 is 2.79 bits per heavy atom. The lowest BCUT2D eigenvalue weighted by Gasteiger charge is -2.19. The normalized spacial score (nSPS) is 12.3. The molecule has 0 saturated heterocycles. The third kappa shape index (κ3) is 3.37. The molecule has 142 valence electrons. The predicted molar refractivity (Wildman–Crippen MR) is 107 cm³/mol. The number of halogens is 3. The highest BCUT2D eigenvalue weighted by Crippen LogP contribution is 2.30. The van der Waals surface area contributed by atoms with E-state index in [1.165, 1.54) is 12.1 Å². The van der Waals surface area contributed by atoms with E-state index in [9.17, 15) is 9.18 Å². The summed E-state index contributed by atoms with van der Waals surface area (Å²) in [5.41, 5.74) is 1.46. The van der Waals surface area contributed by atoms with Crippen molar-refractivity contribution in [3.63, 3.8) is 0 Å². The highest BCUT2D eigenvalue weighted by atomic mass is 35.5. The van der Waals surface area contributed by atoms with Crippen LogP contribution in [0.15, 0.2) is 54.9 Å². The van der Waals surface area contributed by atoms with Crippen molar-refractivity contribution in [3.8, 4) is 0 Å². The molecule has 2 heterocycles. The first-order chi connectivity index (χ1) is 13.4. The molecule has 5 nitrogen and oxygen atoms in total. The average molecular weight is 417 g/mol. The molecule has 0 aliphatic carbocycles. The number of aromatic amines is 1. The minimum atomic E-state index is -0.658. The number of imidazole rings is 1. The van der Waals surface area contributed by atoms with Crippen molar-refractivity contribution in [1.29, 1.82) is 0 Å². The standard InChI is InChI=1S/C20H15Cl2FN4O/c1-27-8-7-24-19(27)17(11-3-2-4-13(23)9-11)26-20(28)18-16(22)14-10-12(21)5-6-15(14)25-18/h2-10,17,25H,1H3,(H,26,28). The number of H-pyrrole nitrogens is 1. The molecular formula is C20H15Cl2FN4O. The van der Waals surface area contributed by atoms with Gasteiger partial charge in [-0.3, -0.25) is 4.79 Å². The first kappa shape index (κ1) is 18.5. The summed E-state index contributed by atoms with van der Waals surface area (Å²) in [5, 5.41) is 4.34. The van der Waals surface area contributed by atoms with Gasteiger partial charge in [-0.15, -0.1) is 0 Å². The number of fused-ring (bicyclic) bond motifs is 1. The van der Waals surface area contributed by atoms with Gasteiger partial charge in [0.1, 0.15) is 23.4 Å². The summed E-state index contributed by atoms with van der Waals surface area (Å²) < 4.78 is 15.6. The van der Waals surface area contributed by atoms with Gasteiger partial charge in [0, 0.05) is 35.4 Å². The molecule has 0 fully saturated rings. The lowest BCUT2D eigenvalue weighted by Crippen LogP contribution is -2.31. The van der Waals surface area contributed by atoms with Crippen LogP contribution in [0.5, 0.6) is 0 Å². The summed E-state index contributed by atoms with van der Waals surface area (Å²) in [6.45, 7) is 0. The van der Waals surface area contributed by atoms with Gasteiger partial charge in [-0.1, -0.05) is 35.3 Å². The largest absolute Gasteiger partial charge is 0.349 e. The fourth-order valence-corrected chi connectivity index (χ4v) is 3.59. The molecule has 4 aromatic rings. The van der Waals surface area contributed by atoms with Crippen LogP contribution in [0.2, 0.25) is 10.0 Å². The summed E-state index contributed by atoms with van der Waals surface area (Å²) >= 11 is 12.4. The molecule has 0 radical (unpaired) electrons. The van der Waals surface area contributed by atoms with Gasteiger partial charge >= 0.3 is 0 Å². The number of benzene rings is 2. The number of aromatic nitrogens is 3. The minimum absolute atomic E-state index is 0.203. The van der Waals surface area contributed by atoms with Gasteiger partial charge in [-0.25, -0.2) is 9.37 Å². The molecule has 1 amide bonds. The molecule has 2 N–H and O–H groups in total. The minimum Gasteiger partial charge on any atom is -0.349 e. The number of carbonyl (C=O) groups excluding carboxylic acids is 1. The molecule has 0 bridgehead atoms. The summed E-state index contributed by atoms with van der Waals surface area (Å²) in [6.07, 6.45) is 3.37. The third-order valence-electron chi connectivity index (χ3n) is 4.50. The van der Waals surface area contributed by atoms with Crippen LogP contribution in [-0.4, -0.2) is 20.4 Å². The van der Waals surface area contributed by atoms with E-state index >= 15 is 0 Å². The fourth-order valence-electron chi connectivity index (χ4n) is 3.13. The van der Waals surface area contributed by atoms with E-state index in [0.717, 1.165) is 0 Å². The van der Waals surface area contributed by atoms with Gasteiger partial charge in [0.25, 0.3) is 5.91 Å². The van der Waals surface area contributed by atoms with E-state index in [1.54, 1.807) is 54.3 Å². The maximum Gasteiger partial charge on any atom is 0.270 e. The zero-order chi connectivity index (χ0) is 19.8. The molecule has 4 rings (SSSR count). The molecule has 0 saturated carbocycles. The fraction of sp³-hybridized carbons (Fsp3) is 0.100. The monoisotopic (exact) mass is 416 g/mol. The van der Waals surface area contributed by atoms with Gasteiger partial charge in [-0.05, 0) is 35.9 Å². The topological polar surface area (TPSA) is 62.7 Å². The van der Waals surface area contributed by atoms with Gasteiger partial charge in [0.05, 0.1) is 5.02 Å². The van der Waals surface area contributed by atoms with Crippen LogP contribution in [-0.2, 0) is 7.05 Å². The molecule has 0 spiro atoms. The van der Waals surface area contributed by atoms with E-state index in [2.05, 4.69) is 15.3 Å². The molecular weight excluding hydrogens is 402 g/mol. The Balaban J connectivity index is 1.74. The van der Waals surface area contributed by atoms with E-state index in [4.69, 9.17) is 23.2 Å². The SMILES string of the molecule is Cn1ccnc1C(NC(=O)c1[nH]c2ccc(Cl)cc2c1Cl)c1cccc(F)c1. The van der Waals surface area contributed by atoms with E-state index < -0.39 is 17.8 Å². The Hall–Kier alpha value is -2.83. The summed E-state index contributed by atoms with van der Waals surface area (Å²) in [6, 6.07) is 10.5. The van der Waals surface area contributed by atoms with Crippen LogP contribution in [0.1, 0.15) is 27.9 Å². The zero-order valence-corrected chi connectivity index (χ0v) is 16.2. The van der Waals surface area contributed by atoms with Crippen molar-refractivity contribution in [2.45, 2.75) is 6.04 Å². The Morgan fingerprint density at radius 2 is 2.07 bits per heavy atom. The van der Waals surface area contributed by atoms with E-state index in [-0.39, 0.29) is 10.7 Å². The summed E-state index contributed by atoms with van der Waals surface area (Å²) in [7, 11) is 1.80. The van der Waals surface area contributed by atoms with Crippen LogP contribution in [0.25, 0.3) is 10.9 Å². The van der Waals surface area contributed by atoms with Crippen molar-refractivity contribution in [3.05, 3.63) is 87.8 Å². The zero-order valence-electron chi connectivity index (χ0n) is 14.7. The average Bonchev–Trinajstić information content (AvgIpc) is 3.23. The highest BCUT2D eigenvalue weighted by Gasteiger charge is 2.24. The maximum atomic E-state index is 13.8. The molecule has 8 heteroatoms. The second-order valence-corrected chi connectivity index (χ2v) is 7.18. The lowest BCUT2D eigenvalue weighted by molar-refractivity contribution is 0.0937. The third-order valence-corrected chi connectivity index (χ3v) is 5.13. The van der Waals surface area contributed by atoms with Crippen LogP contribution in [0, 0.1) is 5.82 Å². The van der Waals surface area contributed by atoms with E-state index in [0.29, 0.717) is 27.3 Å². The van der Waals surface area contributed by atoms with Gasteiger partial charge < -0.3 is 14.9 Å². The Bertz CT molecular complexity index is 1180. The van der Waals surface area contributed by atoms with Crippen LogP contribution in [0.3, 0.4) is 0 Å². The van der Waals surface area contributed by atoms with Crippen molar-refractivity contribution in [2.75, 3.05) is 0 Å². The highest BCUT2D eigenvalue weighted by molar-refractivity contribution is 6.39. The number of carbonyl (C=O) groups is 1. The van der Waals surface area contributed by atoms with Crippen molar-refractivity contribution in [2.24, 2.45) is 7.05 Å². The first-order valence-corrected chi connectivity index (χ1v) is 9.20. The number of nitrogens with one attached hydrogen (secondary N) is 2. The number of rotatable bonds is 4. The Morgan fingerprint density at radius 1 is 1.25 bits per heavy atom. The van der Waals surface area contributed by atoms with Crippen LogP contribution >= 0.6 is 23.2 Å². The van der Waals surface area contributed by atoms with Gasteiger partial charge in [-0.2, -0.15) is 0 Å². The lowest BCUT2D eigenvalue weighted by atomic mass is 10.1. The van der Waals surface area contributed by atoms with Gasteiger partial charge in [0.15, 0.2) is 0 Å². The number of hydrogen-bond acceptors (Lipinski definition) is 2. The van der Waals surface area contributed by atoms with Crippen LogP contribution in [0.4, 0.5) is 4.39 Å². The molecule has 0 aliphatic heterocycles. The molecule has 1 atom stereocenters. The summed E-state index contributed by atoms with van der Waals surface area (Å²) in [5.74, 6) is -0.270. The molecule has 2 aromatic carbocycles. The predicted octanol–water partition coefficient (Wildman–Crippen LogP) is 4.87. The van der Waals surface area contributed by atoms with Crippen molar-refractivity contribution < 1.29 is 9.18 Å². The Kier molecular flexibility index (Phi) is 4.83. The van der Waals surface area contributed by atoms with Crippen molar-refractivity contribution in [1.82, 2.24) is 19.9 Å². The Labute approximate surface area is 170 Å². The molecule has 0 aliphatic rings. The molecule has 1 unspecified atom stereocenters. The molecule has 2 aromatic heterocycles. The second kappa shape index (κ2) is 7.30. The summed E-state index contributed by atoms with van der Waals surface area (Å²) in [4.78, 5) is 20.3. The van der Waals surface area contributed by atoms with Crippen LogP contribution < -0.4 is 5.32 Å². The number of aryl methyl sites for hydroxylation is 1. The number of nitrogens with zero attached hydrogens (tertiary/aromatic N) is 2. The van der Waals surface area contributed by atoms with Crippen molar-refractivity contribution >= 4 is 40.0 Å². The van der Waals surface area contributed by atoms with Gasteiger partial charge in [0.2, 0.25) is 0 Å². The van der Waals surface area contributed by atoms with E-state index in [1.807, 2.05) is 0 Å². The maximum absolute atomic E-state index is 13.8. The molecule has 28 heavy (non-hydrogen) atoms. The number of hydrogen-bond donors (Lipinski definition) is 2. The number of amides is 1. The second-order valence-electron chi connectivity index (χ2n) is 6.36. The smallest absolute Gasteiger partial charge is 0.270 e. The first-order valence-electron chi connectivity index (χ1n) is 8.44. The quantitative estimate of drug-likeness (QED) is 0.498.